The lowest BCUT2D eigenvalue weighted by Gasteiger charge is -2.29. The second-order valence-corrected chi connectivity index (χ2v) is 11.7. The Morgan fingerprint density at radius 2 is 1.98 bits per heavy atom. The predicted octanol–water partition coefficient (Wildman–Crippen LogP) is 4.11. The predicted molar refractivity (Wildman–Crippen MR) is 161 cm³/mol. The number of amides is 1. The number of carboxylic acids is 1. The zero-order valence-corrected chi connectivity index (χ0v) is 24.9. The Morgan fingerprint density at radius 3 is 2.79 bits per heavy atom. The average Bonchev–Trinajstić information content (AvgIpc) is 3.74. The molecule has 1 unspecified atom stereocenters. The van der Waals surface area contributed by atoms with E-state index in [-0.39, 0.29) is 31.2 Å². The van der Waals surface area contributed by atoms with E-state index in [0.717, 1.165) is 53.1 Å². The van der Waals surface area contributed by atoms with Crippen molar-refractivity contribution in [2.75, 3.05) is 37.9 Å². The van der Waals surface area contributed by atoms with Gasteiger partial charge in [0.2, 0.25) is 12.7 Å². The highest BCUT2D eigenvalue weighted by molar-refractivity contribution is 5.94. The van der Waals surface area contributed by atoms with Crippen molar-refractivity contribution in [2.45, 2.75) is 51.0 Å². The molecule has 1 saturated heterocycles. The van der Waals surface area contributed by atoms with E-state index in [1.54, 1.807) is 0 Å². The molecule has 0 saturated carbocycles. The van der Waals surface area contributed by atoms with Gasteiger partial charge in [-0.05, 0) is 54.2 Å². The van der Waals surface area contributed by atoms with Crippen LogP contribution in [0.15, 0.2) is 60.9 Å². The molecule has 0 spiro atoms. The number of pyridine rings is 1. The zero-order chi connectivity index (χ0) is 29.9. The molecule has 6 rings (SSSR count). The van der Waals surface area contributed by atoms with E-state index in [4.69, 9.17) is 14.2 Å². The Bertz CT molecular complexity index is 1490. The van der Waals surface area contributed by atoms with Gasteiger partial charge >= 0.3 is 5.97 Å². The molecule has 226 valence electrons. The summed E-state index contributed by atoms with van der Waals surface area (Å²) >= 11 is 0. The van der Waals surface area contributed by atoms with Crippen molar-refractivity contribution < 1.29 is 33.5 Å². The monoisotopic (exact) mass is 586 g/mol. The van der Waals surface area contributed by atoms with Gasteiger partial charge in [0, 0.05) is 37.5 Å². The van der Waals surface area contributed by atoms with Gasteiger partial charge in [-0.25, -0.2) is 4.57 Å². The van der Waals surface area contributed by atoms with Crippen molar-refractivity contribution in [2.24, 2.45) is 13.0 Å². The fourth-order valence-corrected chi connectivity index (χ4v) is 6.82. The van der Waals surface area contributed by atoms with E-state index in [9.17, 15) is 14.7 Å². The number of carbonyl (C=O) groups is 2. The lowest BCUT2D eigenvalue weighted by Crippen LogP contribution is -2.45. The Labute approximate surface area is 252 Å². The van der Waals surface area contributed by atoms with Crippen LogP contribution in [0, 0.1) is 5.92 Å². The number of carboxylic acid groups (broad SMARTS) is 1. The highest BCUT2D eigenvalue weighted by Crippen LogP contribution is 2.43. The van der Waals surface area contributed by atoms with E-state index >= 15 is 0 Å². The summed E-state index contributed by atoms with van der Waals surface area (Å²) in [6, 6.07) is 15.5. The molecular weight excluding hydrogens is 546 g/mol. The Kier molecular flexibility index (Phi) is 8.51. The fraction of sp³-hybridized carbons (Fsp3) is 0.441. The number of anilines is 1. The summed E-state index contributed by atoms with van der Waals surface area (Å²) in [6.07, 6.45) is 7.76. The van der Waals surface area contributed by atoms with E-state index < -0.39 is 11.9 Å². The van der Waals surface area contributed by atoms with Crippen LogP contribution in [0.2, 0.25) is 0 Å². The number of hydrogen-bond acceptors (Lipinski definition) is 6. The Hall–Kier alpha value is -4.11. The largest absolute Gasteiger partial charge is 0.493 e. The van der Waals surface area contributed by atoms with Crippen LogP contribution in [0.4, 0.5) is 5.69 Å². The number of likely N-dealkylation sites (tertiary alicyclic amines) is 1. The fourth-order valence-electron chi connectivity index (χ4n) is 6.82. The maximum Gasteiger partial charge on any atom is 0.308 e. The number of aromatic nitrogens is 1. The molecule has 0 bridgehead atoms. The van der Waals surface area contributed by atoms with Crippen molar-refractivity contribution in [1.82, 2.24) is 4.90 Å². The molecule has 0 radical (unpaired) electrons. The lowest BCUT2D eigenvalue weighted by molar-refractivity contribution is -0.670. The van der Waals surface area contributed by atoms with E-state index in [1.807, 2.05) is 71.4 Å². The van der Waals surface area contributed by atoms with Crippen LogP contribution < -0.4 is 23.7 Å². The summed E-state index contributed by atoms with van der Waals surface area (Å²) < 4.78 is 19.0. The second kappa shape index (κ2) is 12.6. The highest BCUT2D eigenvalue weighted by Gasteiger charge is 2.47. The standard InChI is InChI=1S/C34H39N3O6/c1-3-4-16-37(26-8-6-15-35(2)19-26)31(38)21-36-20-27(24-11-13-29-25(18-24)14-17-41-29)32(34(39)40)28(36)12-10-23-7-5-9-30-33(23)43-22-42-30/h5-9,11,13,15,18-19,27-28,32H,3-4,10,12,14,16-17,20-22H2,1-2H3/p+1/t27-,28+,32?/m1/s1. The molecule has 9 nitrogen and oxygen atoms in total. The number of unbranched alkanes of at least 4 members (excludes halogenated alkanes) is 1. The van der Waals surface area contributed by atoms with Crippen LogP contribution in [-0.4, -0.2) is 61.0 Å². The molecule has 3 aliphatic rings. The Morgan fingerprint density at radius 1 is 1.09 bits per heavy atom. The van der Waals surface area contributed by atoms with Gasteiger partial charge < -0.3 is 24.2 Å². The maximum atomic E-state index is 14.0. The third-order valence-electron chi connectivity index (χ3n) is 8.97. The smallest absolute Gasteiger partial charge is 0.308 e. The minimum atomic E-state index is -0.836. The summed E-state index contributed by atoms with van der Waals surface area (Å²) in [5, 5.41) is 10.7. The highest BCUT2D eigenvalue weighted by atomic mass is 16.7. The third-order valence-corrected chi connectivity index (χ3v) is 8.97. The Balaban J connectivity index is 1.30. The first-order valence-corrected chi connectivity index (χ1v) is 15.3. The van der Waals surface area contributed by atoms with Crippen molar-refractivity contribution in [3.05, 3.63) is 77.6 Å². The summed E-state index contributed by atoms with van der Waals surface area (Å²) in [7, 11) is 1.95. The first-order chi connectivity index (χ1) is 20.9. The van der Waals surface area contributed by atoms with Crippen LogP contribution >= 0.6 is 0 Å². The van der Waals surface area contributed by atoms with E-state index in [2.05, 4.69) is 17.9 Å². The number of carbonyl (C=O) groups excluding carboxylic acids is 1. The molecule has 3 atom stereocenters. The quantitative estimate of drug-likeness (QED) is 0.338. The minimum Gasteiger partial charge on any atom is -0.493 e. The summed E-state index contributed by atoms with van der Waals surface area (Å²) in [5.74, 6) is 0.549. The molecule has 1 aromatic heterocycles. The summed E-state index contributed by atoms with van der Waals surface area (Å²) in [6.45, 7) is 4.19. The van der Waals surface area contributed by atoms with E-state index in [0.29, 0.717) is 38.3 Å². The summed E-state index contributed by atoms with van der Waals surface area (Å²) in [4.78, 5) is 31.0. The zero-order valence-electron chi connectivity index (χ0n) is 24.9. The number of nitrogens with zero attached hydrogens (tertiary/aromatic N) is 3. The number of aliphatic carboxylic acids is 1. The number of aryl methyl sites for hydroxylation is 2. The molecule has 43 heavy (non-hydrogen) atoms. The van der Waals surface area contributed by atoms with Crippen molar-refractivity contribution in [3.8, 4) is 17.2 Å². The molecule has 3 aliphatic heterocycles. The van der Waals surface area contributed by atoms with Gasteiger partial charge in [-0.1, -0.05) is 37.6 Å². The summed E-state index contributed by atoms with van der Waals surface area (Å²) in [5.41, 5.74) is 3.95. The lowest BCUT2D eigenvalue weighted by atomic mass is 9.83. The van der Waals surface area contributed by atoms with Crippen molar-refractivity contribution in [1.29, 1.82) is 0 Å². The van der Waals surface area contributed by atoms with Gasteiger partial charge in [0.1, 0.15) is 18.5 Å². The molecule has 3 aromatic rings. The van der Waals surface area contributed by atoms with Crippen LogP contribution in [0.3, 0.4) is 0 Å². The molecule has 1 amide bonds. The van der Waals surface area contributed by atoms with Crippen LogP contribution in [0.1, 0.15) is 48.8 Å². The van der Waals surface area contributed by atoms with Crippen LogP contribution in [-0.2, 0) is 29.5 Å². The minimum absolute atomic E-state index is 0.0193. The normalized spacial score (nSPS) is 20.6. The molecule has 0 aliphatic carbocycles. The molecule has 4 heterocycles. The number of benzene rings is 2. The number of ether oxygens (including phenoxy) is 3. The van der Waals surface area contributed by atoms with Gasteiger partial charge in [-0.15, -0.1) is 0 Å². The first kappa shape index (κ1) is 29.0. The van der Waals surface area contributed by atoms with Crippen LogP contribution in [0.25, 0.3) is 0 Å². The topological polar surface area (TPSA) is 92.4 Å². The number of para-hydroxylation sites is 1. The van der Waals surface area contributed by atoms with Crippen molar-refractivity contribution in [3.63, 3.8) is 0 Å². The second-order valence-electron chi connectivity index (χ2n) is 11.7. The van der Waals surface area contributed by atoms with Crippen molar-refractivity contribution >= 4 is 17.6 Å². The third kappa shape index (κ3) is 6.04. The molecule has 1 N–H and O–H groups in total. The molecule has 2 aromatic carbocycles. The van der Waals surface area contributed by atoms with E-state index in [1.165, 1.54) is 0 Å². The van der Waals surface area contributed by atoms with Crippen LogP contribution in [0.5, 0.6) is 17.2 Å². The SMILES string of the molecule is CCCCN(C(=O)CN1C[C@H](c2ccc3c(c2)CCO3)C(C(=O)O)[C@@H]1CCc1cccc2c1OCO2)c1ccc[n+](C)c1. The number of hydrogen-bond donors (Lipinski definition) is 1. The van der Waals surface area contributed by atoms with Gasteiger partial charge in [0.05, 0.1) is 19.1 Å². The number of rotatable bonds is 11. The van der Waals surface area contributed by atoms with Gasteiger partial charge in [0.15, 0.2) is 23.9 Å². The van der Waals surface area contributed by atoms with Gasteiger partial charge in [0.25, 0.3) is 0 Å². The molecular formula is C34H40N3O6+. The average molecular weight is 587 g/mol. The number of fused-ring (bicyclic) bond motifs is 2. The first-order valence-electron chi connectivity index (χ1n) is 15.3. The maximum absolute atomic E-state index is 14.0. The molecule has 1 fully saturated rings. The van der Waals surface area contributed by atoms with Gasteiger partial charge in [-0.2, -0.15) is 0 Å². The molecule has 9 heteroatoms. The van der Waals surface area contributed by atoms with Gasteiger partial charge in [-0.3, -0.25) is 14.5 Å².